The van der Waals surface area contributed by atoms with E-state index in [9.17, 15) is 9.59 Å². The van der Waals surface area contributed by atoms with Crippen LogP contribution in [0, 0.1) is 11.3 Å². The Morgan fingerprint density at radius 3 is 2.60 bits per heavy atom. The van der Waals surface area contributed by atoms with E-state index in [0.29, 0.717) is 32.0 Å². The van der Waals surface area contributed by atoms with E-state index in [2.05, 4.69) is 19.2 Å². The van der Waals surface area contributed by atoms with Crippen LogP contribution in [-0.2, 0) is 4.79 Å². The van der Waals surface area contributed by atoms with E-state index < -0.39 is 11.4 Å². The number of amides is 2. The Balaban J connectivity index is 2.38. The minimum atomic E-state index is -0.817. The van der Waals surface area contributed by atoms with E-state index in [1.807, 2.05) is 0 Å². The summed E-state index contributed by atoms with van der Waals surface area (Å²) in [7, 11) is 0. The second-order valence-electron chi connectivity index (χ2n) is 6.14. The van der Waals surface area contributed by atoms with Crippen molar-refractivity contribution in [2.75, 3.05) is 19.6 Å². The lowest BCUT2D eigenvalue weighted by Gasteiger charge is -2.22. The van der Waals surface area contributed by atoms with Gasteiger partial charge in [0.05, 0.1) is 5.41 Å². The third-order valence-electron chi connectivity index (χ3n) is 4.36. The number of nitrogens with zero attached hydrogens (tertiary/aromatic N) is 1. The molecule has 116 valence electrons. The van der Waals surface area contributed by atoms with Gasteiger partial charge in [0, 0.05) is 19.6 Å². The molecule has 0 aromatic rings. The first-order valence-corrected chi connectivity index (χ1v) is 7.69. The van der Waals surface area contributed by atoms with Crippen LogP contribution in [0.1, 0.15) is 52.9 Å². The highest BCUT2D eigenvalue weighted by atomic mass is 16.4. The number of carboxylic acid groups (broad SMARTS) is 1. The number of carbonyl (C=O) groups excluding carboxylic acids is 1. The molecular weight excluding hydrogens is 256 g/mol. The first-order valence-electron chi connectivity index (χ1n) is 7.69. The number of carbonyl (C=O) groups is 2. The number of likely N-dealkylation sites (tertiary alicyclic amines) is 1. The second-order valence-corrected chi connectivity index (χ2v) is 6.14. The number of hydrogen-bond donors (Lipinski definition) is 2. The van der Waals surface area contributed by atoms with Crippen LogP contribution in [0.25, 0.3) is 0 Å². The van der Waals surface area contributed by atoms with Crippen LogP contribution in [-0.4, -0.2) is 41.6 Å². The van der Waals surface area contributed by atoms with E-state index in [-0.39, 0.29) is 6.03 Å². The van der Waals surface area contributed by atoms with Gasteiger partial charge in [0.25, 0.3) is 0 Å². The Morgan fingerprint density at radius 1 is 1.40 bits per heavy atom. The number of urea groups is 1. The molecular formula is C15H28N2O3. The molecule has 5 heteroatoms. The van der Waals surface area contributed by atoms with Gasteiger partial charge in [-0.3, -0.25) is 4.79 Å². The summed E-state index contributed by atoms with van der Waals surface area (Å²) in [5.74, 6) is -0.297. The number of hydrogen-bond acceptors (Lipinski definition) is 2. The summed E-state index contributed by atoms with van der Waals surface area (Å²) in [5.41, 5.74) is -0.788. The van der Waals surface area contributed by atoms with Crippen molar-refractivity contribution in [3.63, 3.8) is 0 Å². The van der Waals surface area contributed by atoms with Gasteiger partial charge in [-0.1, -0.05) is 33.1 Å². The summed E-state index contributed by atoms with van der Waals surface area (Å²) in [5, 5.41) is 12.1. The maximum Gasteiger partial charge on any atom is 0.317 e. The molecule has 1 rings (SSSR count). The zero-order valence-corrected chi connectivity index (χ0v) is 12.9. The van der Waals surface area contributed by atoms with Crippen LogP contribution in [0.3, 0.4) is 0 Å². The molecule has 0 bridgehead atoms. The van der Waals surface area contributed by atoms with Crippen molar-refractivity contribution in [1.29, 1.82) is 0 Å². The average molecular weight is 284 g/mol. The van der Waals surface area contributed by atoms with Crippen molar-refractivity contribution in [3.05, 3.63) is 0 Å². The van der Waals surface area contributed by atoms with Crippen LogP contribution >= 0.6 is 0 Å². The summed E-state index contributed by atoms with van der Waals surface area (Å²) in [6, 6.07) is -0.120. The van der Waals surface area contributed by atoms with Gasteiger partial charge in [-0.2, -0.15) is 0 Å². The van der Waals surface area contributed by atoms with Gasteiger partial charge in [0.2, 0.25) is 0 Å². The number of rotatable bonds is 7. The van der Waals surface area contributed by atoms with Crippen molar-refractivity contribution in [2.45, 2.75) is 52.9 Å². The zero-order chi connectivity index (χ0) is 15.2. The molecule has 0 spiro atoms. The summed E-state index contributed by atoms with van der Waals surface area (Å²) in [6.07, 6.45) is 5.10. The molecule has 0 aromatic heterocycles. The summed E-state index contributed by atoms with van der Waals surface area (Å²) in [6.45, 7) is 7.54. The average Bonchev–Trinajstić information content (AvgIpc) is 2.83. The van der Waals surface area contributed by atoms with Gasteiger partial charge in [-0.05, 0) is 25.7 Å². The smallest absolute Gasteiger partial charge is 0.317 e. The van der Waals surface area contributed by atoms with Crippen molar-refractivity contribution < 1.29 is 14.7 Å². The van der Waals surface area contributed by atoms with Gasteiger partial charge in [0.15, 0.2) is 0 Å². The Bertz CT molecular complexity index is 346. The normalized spacial score (nSPS) is 23.6. The fourth-order valence-corrected chi connectivity index (χ4v) is 2.60. The number of nitrogens with one attached hydrogen (secondary N) is 1. The van der Waals surface area contributed by atoms with Crippen LogP contribution < -0.4 is 5.32 Å². The first kappa shape index (κ1) is 16.8. The highest BCUT2D eigenvalue weighted by molar-refractivity contribution is 5.79. The van der Waals surface area contributed by atoms with Crippen molar-refractivity contribution in [1.82, 2.24) is 10.2 Å². The molecule has 2 amide bonds. The van der Waals surface area contributed by atoms with Crippen LogP contribution in [0.5, 0.6) is 0 Å². The Labute approximate surface area is 121 Å². The van der Waals surface area contributed by atoms with E-state index in [4.69, 9.17) is 5.11 Å². The van der Waals surface area contributed by atoms with E-state index in [1.54, 1.807) is 11.8 Å². The summed E-state index contributed by atoms with van der Waals surface area (Å²) < 4.78 is 0. The predicted molar refractivity (Wildman–Crippen MR) is 78.6 cm³/mol. The largest absolute Gasteiger partial charge is 0.481 e. The van der Waals surface area contributed by atoms with Gasteiger partial charge < -0.3 is 15.3 Å². The second kappa shape index (κ2) is 7.50. The molecule has 2 unspecified atom stereocenters. The lowest BCUT2D eigenvalue weighted by Crippen LogP contribution is -2.42. The molecule has 0 radical (unpaired) electrons. The third-order valence-corrected chi connectivity index (χ3v) is 4.36. The molecule has 20 heavy (non-hydrogen) atoms. The molecule has 0 aromatic carbocycles. The first-order chi connectivity index (χ1) is 9.42. The van der Waals surface area contributed by atoms with Gasteiger partial charge >= 0.3 is 12.0 Å². The van der Waals surface area contributed by atoms with Crippen molar-refractivity contribution in [2.24, 2.45) is 11.3 Å². The maximum absolute atomic E-state index is 12.1. The minimum absolute atomic E-state index is 0.120. The van der Waals surface area contributed by atoms with E-state index in [1.165, 1.54) is 12.8 Å². The topological polar surface area (TPSA) is 69.6 Å². The molecule has 1 aliphatic rings. The van der Waals surface area contributed by atoms with Crippen molar-refractivity contribution in [3.8, 4) is 0 Å². The van der Waals surface area contributed by atoms with E-state index in [0.717, 1.165) is 12.8 Å². The Hall–Kier alpha value is -1.26. The van der Waals surface area contributed by atoms with Crippen LogP contribution in [0.4, 0.5) is 4.79 Å². The van der Waals surface area contributed by atoms with Gasteiger partial charge in [-0.25, -0.2) is 4.79 Å². The lowest BCUT2D eigenvalue weighted by atomic mass is 9.90. The van der Waals surface area contributed by atoms with E-state index >= 15 is 0 Å². The number of unbranched alkanes of at least 4 members (excludes halogenated alkanes) is 1. The fourth-order valence-electron chi connectivity index (χ4n) is 2.60. The standard InChI is InChI=1S/C15H28N2O3/c1-4-6-7-12(5-2)10-16-14(20)17-9-8-15(3,11-17)13(18)19/h12H,4-11H2,1-3H3,(H,16,20)(H,18,19). The number of aliphatic carboxylic acids is 1. The van der Waals surface area contributed by atoms with Crippen molar-refractivity contribution >= 4 is 12.0 Å². The minimum Gasteiger partial charge on any atom is -0.481 e. The Morgan fingerprint density at radius 2 is 2.10 bits per heavy atom. The highest BCUT2D eigenvalue weighted by Crippen LogP contribution is 2.30. The fraction of sp³-hybridized carbons (Fsp3) is 0.867. The Kier molecular flexibility index (Phi) is 6.30. The molecule has 1 fully saturated rings. The summed E-state index contributed by atoms with van der Waals surface area (Å²) in [4.78, 5) is 24.9. The molecule has 2 atom stereocenters. The number of carboxylic acids is 1. The quantitative estimate of drug-likeness (QED) is 0.755. The summed E-state index contributed by atoms with van der Waals surface area (Å²) >= 11 is 0. The SMILES string of the molecule is CCCCC(CC)CNC(=O)N1CCC(C)(C(=O)O)C1. The van der Waals surface area contributed by atoms with Crippen LogP contribution in [0.2, 0.25) is 0 Å². The lowest BCUT2D eigenvalue weighted by molar-refractivity contribution is -0.146. The monoisotopic (exact) mass is 284 g/mol. The molecule has 1 heterocycles. The van der Waals surface area contributed by atoms with Gasteiger partial charge in [0.1, 0.15) is 0 Å². The third kappa shape index (κ3) is 4.39. The molecule has 1 saturated heterocycles. The molecule has 0 saturated carbocycles. The molecule has 1 aliphatic heterocycles. The zero-order valence-electron chi connectivity index (χ0n) is 12.9. The van der Waals surface area contributed by atoms with Gasteiger partial charge in [-0.15, -0.1) is 0 Å². The predicted octanol–water partition coefficient (Wildman–Crippen LogP) is 2.71. The highest BCUT2D eigenvalue weighted by Gasteiger charge is 2.42. The van der Waals surface area contributed by atoms with Crippen LogP contribution in [0.15, 0.2) is 0 Å². The molecule has 2 N–H and O–H groups in total. The maximum atomic E-state index is 12.1. The molecule has 5 nitrogen and oxygen atoms in total. The molecule has 0 aliphatic carbocycles.